The van der Waals surface area contributed by atoms with Gasteiger partial charge in [0.2, 0.25) is 0 Å². The van der Waals surface area contributed by atoms with Crippen molar-refractivity contribution in [3.63, 3.8) is 0 Å². The van der Waals surface area contributed by atoms with Crippen molar-refractivity contribution < 1.29 is 23.4 Å². The largest absolute Gasteiger partial charge is 0.493 e. The van der Waals surface area contributed by atoms with E-state index in [4.69, 9.17) is 18.6 Å². The minimum absolute atomic E-state index is 0.234. The first-order chi connectivity index (χ1) is 16.2. The average Bonchev–Trinajstić information content (AvgIpc) is 3.41. The maximum atomic E-state index is 11.9. The summed E-state index contributed by atoms with van der Waals surface area (Å²) >= 11 is 0. The quantitative estimate of drug-likeness (QED) is 0.255. The van der Waals surface area contributed by atoms with Crippen LogP contribution < -0.4 is 9.47 Å². The molecule has 1 aromatic carbocycles. The van der Waals surface area contributed by atoms with Gasteiger partial charge in [0, 0.05) is 48.6 Å². The van der Waals surface area contributed by atoms with E-state index in [1.54, 1.807) is 24.2 Å². The maximum Gasteiger partial charge on any atom is 0.306 e. The molecule has 4 aromatic rings. The van der Waals surface area contributed by atoms with E-state index in [-0.39, 0.29) is 5.97 Å². The Bertz CT molecular complexity index is 1300. The van der Waals surface area contributed by atoms with E-state index < -0.39 is 5.60 Å². The molecule has 0 radical (unpaired) electrons. The molecule has 0 saturated heterocycles. The average molecular weight is 464 g/mol. The number of methoxy groups -OCH3 is 1. The Morgan fingerprint density at radius 1 is 1.12 bits per heavy atom. The van der Waals surface area contributed by atoms with E-state index in [9.17, 15) is 4.79 Å². The Kier molecular flexibility index (Phi) is 6.58. The molecule has 3 aromatic heterocycles. The minimum Gasteiger partial charge on any atom is -0.493 e. The standard InChI is InChI=1S/C26H29N3O5/c1-26(2,3)34-24(30)7-6-12-32-21-9-8-17(13-23(21)31-5)22-14-20-25(33-22)19(10-11-27-20)18-15-28-29(4)16-18/h8-11,13-16H,6-7,12H2,1-5H3. The second kappa shape index (κ2) is 9.59. The predicted molar refractivity (Wildman–Crippen MR) is 129 cm³/mol. The summed E-state index contributed by atoms with van der Waals surface area (Å²) in [6.07, 6.45) is 6.34. The van der Waals surface area contributed by atoms with Crippen LogP contribution in [0.25, 0.3) is 33.6 Å². The molecule has 0 aliphatic rings. The summed E-state index contributed by atoms with van der Waals surface area (Å²) in [4.78, 5) is 16.3. The fourth-order valence-corrected chi connectivity index (χ4v) is 3.60. The molecule has 0 aliphatic heterocycles. The number of aromatic nitrogens is 3. The van der Waals surface area contributed by atoms with Gasteiger partial charge < -0.3 is 18.6 Å². The van der Waals surface area contributed by atoms with E-state index >= 15 is 0 Å². The van der Waals surface area contributed by atoms with Gasteiger partial charge in [0.1, 0.15) is 16.9 Å². The summed E-state index contributed by atoms with van der Waals surface area (Å²) in [5.41, 5.74) is 3.71. The lowest BCUT2D eigenvalue weighted by Gasteiger charge is -2.19. The van der Waals surface area contributed by atoms with E-state index in [1.807, 2.05) is 64.3 Å². The van der Waals surface area contributed by atoms with Crippen molar-refractivity contribution in [2.75, 3.05) is 13.7 Å². The van der Waals surface area contributed by atoms with Crippen LogP contribution in [0, 0.1) is 0 Å². The highest BCUT2D eigenvalue weighted by Crippen LogP contribution is 2.37. The molecule has 0 atom stereocenters. The van der Waals surface area contributed by atoms with Crippen molar-refractivity contribution in [2.45, 2.75) is 39.2 Å². The number of furan rings is 1. The lowest BCUT2D eigenvalue weighted by molar-refractivity contribution is -0.155. The third-order valence-corrected chi connectivity index (χ3v) is 5.08. The molecule has 0 bridgehead atoms. The number of pyridine rings is 1. The number of carbonyl (C=O) groups is 1. The van der Waals surface area contributed by atoms with Crippen LogP contribution in [0.5, 0.6) is 11.5 Å². The molecule has 34 heavy (non-hydrogen) atoms. The van der Waals surface area contributed by atoms with E-state index in [2.05, 4.69) is 10.1 Å². The van der Waals surface area contributed by atoms with Gasteiger partial charge >= 0.3 is 5.97 Å². The van der Waals surface area contributed by atoms with Gasteiger partial charge in [-0.15, -0.1) is 0 Å². The molecular weight excluding hydrogens is 434 g/mol. The van der Waals surface area contributed by atoms with Crippen molar-refractivity contribution in [1.29, 1.82) is 0 Å². The number of aryl methyl sites for hydroxylation is 1. The van der Waals surface area contributed by atoms with E-state index in [0.717, 1.165) is 22.2 Å². The first kappa shape index (κ1) is 23.4. The lowest BCUT2D eigenvalue weighted by Crippen LogP contribution is -2.23. The van der Waals surface area contributed by atoms with Gasteiger partial charge in [-0.1, -0.05) is 0 Å². The number of hydrogen-bond acceptors (Lipinski definition) is 7. The summed E-state index contributed by atoms with van der Waals surface area (Å²) in [6.45, 7) is 5.93. The van der Waals surface area contributed by atoms with Gasteiger partial charge in [-0.2, -0.15) is 5.10 Å². The van der Waals surface area contributed by atoms with Crippen LogP contribution >= 0.6 is 0 Å². The maximum absolute atomic E-state index is 11.9. The topological polar surface area (TPSA) is 88.6 Å². The number of esters is 1. The molecule has 0 saturated carbocycles. The molecule has 8 nitrogen and oxygen atoms in total. The number of nitrogens with zero attached hydrogens (tertiary/aromatic N) is 3. The van der Waals surface area contributed by atoms with Crippen LogP contribution in [0.4, 0.5) is 0 Å². The van der Waals surface area contributed by atoms with Gasteiger partial charge in [-0.05, 0) is 51.5 Å². The van der Waals surface area contributed by atoms with E-state index in [0.29, 0.717) is 42.3 Å². The molecule has 0 N–H and O–H groups in total. The Morgan fingerprint density at radius 3 is 2.65 bits per heavy atom. The molecule has 0 unspecified atom stereocenters. The van der Waals surface area contributed by atoms with Crippen LogP contribution in [0.3, 0.4) is 0 Å². The fourth-order valence-electron chi connectivity index (χ4n) is 3.60. The number of carbonyl (C=O) groups excluding carboxylic acids is 1. The third-order valence-electron chi connectivity index (χ3n) is 5.08. The van der Waals surface area contributed by atoms with Crippen LogP contribution in [-0.2, 0) is 16.6 Å². The van der Waals surface area contributed by atoms with Crippen molar-refractivity contribution >= 4 is 17.1 Å². The Morgan fingerprint density at radius 2 is 1.94 bits per heavy atom. The van der Waals surface area contributed by atoms with Crippen LogP contribution in [0.1, 0.15) is 33.6 Å². The molecule has 178 valence electrons. The summed E-state index contributed by atoms with van der Waals surface area (Å²) in [5.74, 6) is 1.62. The zero-order valence-electron chi connectivity index (χ0n) is 20.1. The van der Waals surface area contributed by atoms with Crippen molar-refractivity contribution in [1.82, 2.24) is 14.8 Å². The molecular formula is C26H29N3O5. The van der Waals surface area contributed by atoms with Crippen molar-refractivity contribution in [3.05, 3.63) is 48.9 Å². The van der Waals surface area contributed by atoms with Crippen LogP contribution in [0.15, 0.2) is 53.3 Å². The molecule has 0 amide bonds. The highest BCUT2D eigenvalue weighted by molar-refractivity contribution is 5.92. The molecule has 8 heteroatoms. The lowest BCUT2D eigenvalue weighted by atomic mass is 10.1. The van der Waals surface area contributed by atoms with Gasteiger partial charge in [0.25, 0.3) is 0 Å². The number of ether oxygens (including phenoxy) is 3. The normalized spacial score (nSPS) is 11.6. The number of benzene rings is 1. The highest BCUT2D eigenvalue weighted by atomic mass is 16.6. The second-order valence-corrected chi connectivity index (χ2v) is 8.99. The number of fused-ring (bicyclic) bond motifs is 1. The highest BCUT2D eigenvalue weighted by Gasteiger charge is 2.17. The van der Waals surface area contributed by atoms with Crippen molar-refractivity contribution in [3.8, 4) is 33.9 Å². The second-order valence-electron chi connectivity index (χ2n) is 8.99. The van der Waals surface area contributed by atoms with Gasteiger partial charge in [0.05, 0.1) is 19.9 Å². The summed E-state index contributed by atoms with van der Waals surface area (Å²) in [6, 6.07) is 9.44. The fraction of sp³-hybridized carbons (Fsp3) is 0.346. The van der Waals surface area contributed by atoms with E-state index in [1.165, 1.54) is 0 Å². The minimum atomic E-state index is -0.484. The zero-order chi connectivity index (χ0) is 24.3. The Hall–Kier alpha value is -3.81. The smallest absolute Gasteiger partial charge is 0.306 e. The molecule has 0 fully saturated rings. The van der Waals surface area contributed by atoms with Crippen molar-refractivity contribution in [2.24, 2.45) is 7.05 Å². The predicted octanol–water partition coefficient (Wildman–Crippen LogP) is 5.40. The van der Waals surface area contributed by atoms with Crippen LogP contribution in [0.2, 0.25) is 0 Å². The number of hydrogen-bond donors (Lipinski definition) is 0. The van der Waals surface area contributed by atoms with Gasteiger partial charge in [-0.3, -0.25) is 14.5 Å². The van der Waals surface area contributed by atoms with Gasteiger partial charge in [-0.25, -0.2) is 0 Å². The molecule has 3 heterocycles. The SMILES string of the molecule is COc1cc(-c2cc3nccc(-c4cnn(C)c4)c3o2)ccc1OCCCC(=O)OC(C)(C)C. The number of rotatable bonds is 8. The Balaban J connectivity index is 1.49. The molecule has 0 aliphatic carbocycles. The monoisotopic (exact) mass is 463 g/mol. The molecule has 0 spiro atoms. The van der Waals surface area contributed by atoms with Crippen LogP contribution in [-0.4, -0.2) is 40.1 Å². The first-order valence-corrected chi connectivity index (χ1v) is 11.1. The summed E-state index contributed by atoms with van der Waals surface area (Å²) in [7, 11) is 3.47. The van der Waals surface area contributed by atoms with Gasteiger partial charge in [0.15, 0.2) is 17.1 Å². The Labute approximate surface area is 198 Å². The summed E-state index contributed by atoms with van der Waals surface area (Å²) in [5, 5.41) is 4.25. The summed E-state index contributed by atoms with van der Waals surface area (Å²) < 4.78 is 24.7. The first-order valence-electron chi connectivity index (χ1n) is 11.1. The zero-order valence-corrected chi connectivity index (χ0v) is 20.1. The third kappa shape index (κ3) is 5.39. The molecule has 4 rings (SSSR count).